The molecular formula is C21H22FN7S. The summed E-state index contributed by atoms with van der Waals surface area (Å²) in [6.07, 6.45) is 8.41. The molecule has 2 atom stereocenters. The predicted molar refractivity (Wildman–Crippen MR) is 116 cm³/mol. The van der Waals surface area contributed by atoms with E-state index in [0.717, 1.165) is 33.7 Å². The second kappa shape index (κ2) is 6.68. The Morgan fingerprint density at radius 2 is 2.00 bits per heavy atom. The van der Waals surface area contributed by atoms with Crippen LogP contribution < -0.4 is 10.2 Å². The lowest BCUT2D eigenvalue weighted by Gasteiger charge is -2.35. The summed E-state index contributed by atoms with van der Waals surface area (Å²) in [7, 11) is 3.91. The summed E-state index contributed by atoms with van der Waals surface area (Å²) in [4.78, 5) is 17.1. The molecule has 0 saturated carbocycles. The molecule has 0 radical (unpaired) electrons. The largest absolute Gasteiger partial charge is 0.348 e. The maximum absolute atomic E-state index is 14.5. The van der Waals surface area contributed by atoms with Crippen molar-refractivity contribution in [1.29, 1.82) is 0 Å². The summed E-state index contributed by atoms with van der Waals surface area (Å²) in [5.41, 5.74) is 1.79. The molecule has 154 valence electrons. The van der Waals surface area contributed by atoms with Crippen LogP contribution in [-0.4, -0.2) is 49.9 Å². The zero-order valence-electron chi connectivity index (χ0n) is 16.8. The molecule has 1 N–H and O–H groups in total. The summed E-state index contributed by atoms with van der Waals surface area (Å²) in [5, 5.41) is 9.56. The second-order valence-corrected chi connectivity index (χ2v) is 9.41. The van der Waals surface area contributed by atoms with Gasteiger partial charge in [0.1, 0.15) is 15.9 Å². The van der Waals surface area contributed by atoms with Gasteiger partial charge in [-0.2, -0.15) is 5.10 Å². The van der Waals surface area contributed by atoms with Crippen LogP contribution in [0.4, 0.5) is 9.52 Å². The van der Waals surface area contributed by atoms with Crippen molar-refractivity contribution in [2.24, 2.45) is 7.05 Å². The monoisotopic (exact) mass is 423 g/mol. The van der Waals surface area contributed by atoms with Gasteiger partial charge in [0.2, 0.25) is 0 Å². The first-order chi connectivity index (χ1) is 14.5. The lowest BCUT2D eigenvalue weighted by Crippen LogP contribution is -2.47. The van der Waals surface area contributed by atoms with Gasteiger partial charge in [-0.3, -0.25) is 4.68 Å². The minimum absolute atomic E-state index is 0.361. The van der Waals surface area contributed by atoms with Crippen LogP contribution in [0, 0.1) is 5.82 Å². The van der Waals surface area contributed by atoms with E-state index in [1.807, 2.05) is 6.07 Å². The number of aromatic nitrogens is 5. The summed E-state index contributed by atoms with van der Waals surface area (Å²) in [6.45, 7) is 0. The van der Waals surface area contributed by atoms with Gasteiger partial charge in [0.15, 0.2) is 16.8 Å². The number of aryl methyl sites for hydroxylation is 1. The molecule has 6 rings (SSSR count). The molecule has 9 heteroatoms. The number of piperidine rings is 1. The summed E-state index contributed by atoms with van der Waals surface area (Å²) < 4.78 is 16.1. The third kappa shape index (κ3) is 2.95. The first kappa shape index (κ1) is 18.1. The molecular weight excluding hydrogens is 401 g/mol. The lowest BCUT2D eigenvalue weighted by atomic mass is 9.99. The number of anilines is 1. The van der Waals surface area contributed by atoms with Gasteiger partial charge in [0, 0.05) is 49.4 Å². The molecule has 1 aromatic carbocycles. The highest BCUT2D eigenvalue weighted by Crippen LogP contribution is 2.35. The number of benzene rings is 1. The Kier molecular flexibility index (Phi) is 4.04. The van der Waals surface area contributed by atoms with E-state index in [0.29, 0.717) is 35.0 Å². The molecule has 2 fully saturated rings. The summed E-state index contributed by atoms with van der Waals surface area (Å²) >= 11 is 1.58. The first-order valence-corrected chi connectivity index (χ1v) is 11.1. The molecule has 0 spiro atoms. The Hall–Kier alpha value is -2.65. The van der Waals surface area contributed by atoms with Crippen LogP contribution in [-0.2, 0) is 7.05 Å². The highest BCUT2D eigenvalue weighted by Gasteiger charge is 2.35. The van der Waals surface area contributed by atoms with E-state index in [-0.39, 0.29) is 5.82 Å². The average Bonchev–Trinajstić information content (AvgIpc) is 3.42. The van der Waals surface area contributed by atoms with Crippen molar-refractivity contribution >= 4 is 37.7 Å². The molecule has 2 unspecified atom stereocenters. The Labute approximate surface area is 177 Å². The van der Waals surface area contributed by atoms with Crippen LogP contribution in [0.2, 0.25) is 0 Å². The molecule has 2 bridgehead atoms. The van der Waals surface area contributed by atoms with Crippen molar-refractivity contribution in [3.8, 4) is 11.4 Å². The highest BCUT2D eigenvalue weighted by atomic mass is 32.1. The maximum Gasteiger partial charge on any atom is 0.187 e. The van der Waals surface area contributed by atoms with Gasteiger partial charge in [-0.25, -0.2) is 19.3 Å². The van der Waals surface area contributed by atoms with Crippen molar-refractivity contribution < 1.29 is 4.39 Å². The molecule has 5 heterocycles. The predicted octanol–water partition coefficient (Wildman–Crippen LogP) is 3.50. The molecule has 0 aliphatic carbocycles. The third-order valence-corrected chi connectivity index (χ3v) is 7.43. The van der Waals surface area contributed by atoms with Gasteiger partial charge in [0.05, 0.1) is 6.20 Å². The Morgan fingerprint density at radius 1 is 1.20 bits per heavy atom. The van der Waals surface area contributed by atoms with Crippen molar-refractivity contribution in [3.63, 3.8) is 0 Å². The summed E-state index contributed by atoms with van der Waals surface area (Å²) in [5.74, 6) is 0.141. The van der Waals surface area contributed by atoms with Crippen molar-refractivity contribution in [3.05, 3.63) is 30.3 Å². The second-order valence-electron chi connectivity index (χ2n) is 8.45. The van der Waals surface area contributed by atoms with Gasteiger partial charge in [-0.1, -0.05) is 11.3 Å². The fraction of sp³-hybridized carbons (Fsp3) is 0.429. The van der Waals surface area contributed by atoms with E-state index in [2.05, 4.69) is 27.3 Å². The maximum atomic E-state index is 14.5. The van der Waals surface area contributed by atoms with E-state index < -0.39 is 0 Å². The van der Waals surface area contributed by atoms with Crippen LogP contribution in [0.3, 0.4) is 0 Å². The standard InChI is InChI=1S/C21H22FN7S/c1-28-10-12-5-11(6-16(22)18(12)27-28)19-23-9-17-20(26-19)30-21(25-17)29(2)15-7-13-3-4-14(8-15)24-13/h5-6,9-10,13-15,24H,3-4,7-8H2,1-2H3. The van der Waals surface area contributed by atoms with Crippen LogP contribution in [0.25, 0.3) is 32.6 Å². The molecule has 2 aliphatic heterocycles. The molecule has 4 aromatic rings. The van der Waals surface area contributed by atoms with E-state index in [4.69, 9.17) is 9.97 Å². The fourth-order valence-corrected chi connectivity index (χ4v) is 5.80. The number of fused-ring (bicyclic) bond motifs is 4. The molecule has 0 amide bonds. The van der Waals surface area contributed by atoms with Gasteiger partial charge in [-0.05, 0) is 37.8 Å². The Balaban J connectivity index is 1.33. The minimum Gasteiger partial charge on any atom is -0.348 e. The van der Waals surface area contributed by atoms with Crippen LogP contribution >= 0.6 is 11.3 Å². The average molecular weight is 424 g/mol. The normalized spacial score (nSPS) is 23.5. The first-order valence-electron chi connectivity index (χ1n) is 10.3. The van der Waals surface area contributed by atoms with Crippen molar-refractivity contribution in [2.75, 3.05) is 11.9 Å². The molecule has 3 aromatic heterocycles. The zero-order valence-corrected chi connectivity index (χ0v) is 17.7. The number of rotatable bonds is 3. The van der Waals surface area contributed by atoms with Crippen LogP contribution in [0.15, 0.2) is 24.5 Å². The smallest absolute Gasteiger partial charge is 0.187 e. The third-order valence-electron chi connectivity index (χ3n) is 6.37. The number of halogens is 1. The number of hydrogen-bond acceptors (Lipinski definition) is 7. The minimum atomic E-state index is -0.364. The Bertz CT molecular complexity index is 1250. The van der Waals surface area contributed by atoms with E-state index in [9.17, 15) is 4.39 Å². The Morgan fingerprint density at radius 3 is 2.80 bits per heavy atom. The number of thiazole rings is 1. The summed E-state index contributed by atoms with van der Waals surface area (Å²) in [6, 6.07) is 5.10. The topological polar surface area (TPSA) is 71.8 Å². The molecule has 2 saturated heterocycles. The number of hydrogen-bond donors (Lipinski definition) is 1. The quantitative estimate of drug-likeness (QED) is 0.544. The molecule has 7 nitrogen and oxygen atoms in total. The van der Waals surface area contributed by atoms with Crippen molar-refractivity contribution in [1.82, 2.24) is 30.0 Å². The number of nitrogens with zero attached hydrogens (tertiary/aromatic N) is 6. The van der Waals surface area contributed by atoms with E-state index in [1.54, 1.807) is 35.5 Å². The van der Waals surface area contributed by atoms with Gasteiger partial charge in [-0.15, -0.1) is 0 Å². The lowest BCUT2D eigenvalue weighted by molar-refractivity contribution is 0.354. The van der Waals surface area contributed by atoms with Crippen LogP contribution in [0.5, 0.6) is 0 Å². The van der Waals surface area contributed by atoms with Gasteiger partial charge >= 0.3 is 0 Å². The van der Waals surface area contributed by atoms with Gasteiger partial charge in [0.25, 0.3) is 0 Å². The van der Waals surface area contributed by atoms with Crippen molar-refractivity contribution in [2.45, 2.75) is 43.8 Å². The highest BCUT2D eigenvalue weighted by molar-refractivity contribution is 7.21. The number of nitrogens with one attached hydrogen (secondary N) is 1. The molecule has 2 aliphatic rings. The SMILES string of the molecule is CN(c1nc2cnc(-c3cc(F)c4nn(C)cc4c3)nc2s1)C1CC2CCC(C1)N2. The van der Waals surface area contributed by atoms with Crippen LogP contribution in [0.1, 0.15) is 25.7 Å². The van der Waals surface area contributed by atoms with E-state index in [1.165, 1.54) is 18.9 Å². The fourth-order valence-electron chi connectivity index (χ4n) is 4.85. The molecule has 30 heavy (non-hydrogen) atoms. The zero-order chi connectivity index (χ0) is 20.4. The van der Waals surface area contributed by atoms with E-state index >= 15 is 0 Å². The van der Waals surface area contributed by atoms with Gasteiger partial charge < -0.3 is 10.2 Å².